The van der Waals surface area contributed by atoms with E-state index in [0.717, 1.165) is 16.9 Å². The topological polar surface area (TPSA) is 61.5 Å². The molecule has 0 spiro atoms. The molecule has 4 heteroatoms. The number of hydrogen-bond acceptors (Lipinski definition) is 4. The predicted octanol–water partition coefficient (Wildman–Crippen LogP) is 1.88. The monoisotopic (exact) mass is 251 g/mol. The molecule has 1 rings (SSSR count). The van der Waals surface area contributed by atoms with Gasteiger partial charge in [0.15, 0.2) is 0 Å². The normalized spacial score (nSPS) is 12.1. The molecule has 0 amide bonds. The fourth-order valence-corrected chi connectivity index (χ4v) is 1.70. The number of aryl methyl sites for hydroxylation is 2. The molecule has 0 radical (unpaired) electrons. The Bertz CT molecular complexity index is 429. The van der Waals surface area contributed by atoms with Crippen LogP contribution in [0, 0.1) is 20.8 Å². The summed E-state index contributed by atoms with van der Waals surface area (Å²) in [4.78, 5) is 11.1. The van der Waals surface area contributed by atoms with Crippen LogP contribution in [-0.2, 0) is 9.53 Å². The van der Waals surface area contributed by atoms with Crippen LogP contribution in [0.5, 0.6) is 5.75 Å². The minimum Gasteiger partial charge on any atom is -0.493 e. The lowest BCUT2D eigenvalue weighted by Gasteiger charge is -2.15. The Kier molecular flexibility index (Phi) is 5.16. The molecule has 2 N–H and O–H groups in total. The Morgan fingerprint density at radius 1 is 1.28 bits per heavy atom. The summed E-state index contributed by atoms with van der Waals surface area (Å²) in [5.74, 6) is 0.475. The fourth-order valence-electron chi connectivity index (χ4n) is 1.70. The van der Waals surface area contributed by atoms with Gasteiger partial charge in [-0.05, 0) is 37.5 Å². The first-order valence-electron chi connectivity index (χ1n) is 6.00. The summed E-state index contributed by atoms with van der Waals surface area (Å²) in [6.07, 6.45) is 0.444. The third kappa shape index (κ3) is 3.47. The highest BCUT2D eigenvalue weighted by atomic mass is 16.5. The second-order valence-electron chi connectivity index (χ2n) is 4.42. The Labute approximate surface area is 108 Å². The van der Waals surface area contributed by atoms with Gasteiger partial charge in [-0.25, -0.2) is 0 Å². The van der Waals surface area contributed by atoms with E-state index >= 15 is 0 Å². The van der Waals surface area contributed by atoms with Gasteiger partial charge in [-0.15, -0.1) is 0 Å². The maximum absolute atomic E-state index is 11.1. The summed E-state index contributed by atoms with van der Waals surface area (Å²) in [6.45, 7) is 6.48. The molecule has 0 aliphatic carbocycles. The standard InChI is InChI=1S/C14H21NO3/c1-9-5-6-10(2)13(11(9)3)18-8-7-12(15)14(16)17-4/h5-6,12H,7-8,15H2,1-4H3. The molecule has 100 valence electrons. The zero-order valence-corrected chi connectivity index (χ0v) is 11.4. The number of carbonyl (C=O) groups is 1. The minimum atomic E-state index is -0.625. The summed E-state index contributed by atoms with van der Waals surface area (Å²) in [6, 6.07) is 3.47. The number of benzene rings is 1. The first-order chi connectivity index (χ1) is 8.47. The SMILES string of the molecule is COC(=O)C(N)CCOc1c(C)ccc(C)c1C. The molecule has 0 fully saturated rings. The molecule has 1 aromatic rings. The van der Waals surface area contributed by atoms with Crippen LogP contribution in [0.4, 0.5) is 0 Å². The van der Waals surface area contributed by atoms with Gasteiger partial charge in [-0.1, -0.05) is 12.1 Å². The number of hydrogen-bond donors (Lipinski definition) is 1. The van der Waals surface area contributed by atoms with Crippen molar-refractivity contribution < 1.29 is 14.3 Å². The summed E-state index contributed by atoms with van der Waals surface area (Å²) in [5.41, 5.74) is 9.05. The van der Waals surface area contributed by atoms with Gasteiger partial charge in [0.05, 0.1) is 13.7 Å². The molecule has 1 aromatic carbocycles. The largest absolute Gasteiger partial charge is 0.493 e. The van der Waals surface area contributed by atoms with E-state index in [-0.39, 0.29) is 0 Å². The highest BCUT2D eigenvalue weighted by Gasteiger charge is 2.14. The quantitative estimate of drug-likeness (QED) is 0.812. The maximum atomic E-state index is 11.1. The molecule has 0 heterocycles. The molecular formula is C14H21NO3. The van der Waals surface area contributed by atoms with Crippen molar-refractivity contribution in [2.45, 2.75) is 33.2 Å². The van der Waals surface area contributed by atoms with Gasteiger partial charge < -0.3 is 15.2 Å². The van der Waals surface area contributed by atoms with Crippen molar-refractivity contribution in [3.63, 3.8) is 0 Å². The molecule has 0 aromatic heterocycles. The van der Waals surface area contributed by atoms with Crippen LogP contribution in [0.15, 0.2) is 12.1 Å². The van der Waals surface area contributed by atoms with Crippen LogP contribution in [0.25, 0.3) is 0 Å². The fraction of sp³-hybridized carbons (Fsp3) is 0.500. The molecule has 18 heavy (non-hydrogen) atoms. The van der Waals surface area contributed by atoms with Crippen molar-refractivity contribution >= 4 is 5.97 Å². The lowest BCUT2D eigenvalue weighted by molar-refractivity contribution is -0.142. The van der Waals surface area contributed by atoms with Crippen LogP contribution in [0.2, 0.25) is 0 Å². The van der Waals surface area contributed by atoms with Crippen LogP contribution < -0.4 is 10.5 Å². The van der Waals surface area contributed by atoms with Gasteiger partial charge >= 0.3 is 5.97 Å². The zero-order valence-electron chi connectivity index (χ0n) is 11.4. The molecule has 4 nitrogen and oxygen atoms in total. The summed E-state index contributed by atoms with van der Waals surface area (Å²) < 4.78 is 10.3. The number of esters is 1. The van der Waals surface area contributed by atoms with Crippen LogP contribution in [0.1, 0.15) is 23.1 Å². The lowest BCUT2D eigenvalue weighted by Crippen LogP contribution is -2.33. The Morgan fingerprint density at radius 3 is 2.50 bits per heavy atom. The number of ether oxygens (including phenoxy) is 2. The Morgan fingerprint density at radius 2 is 1.89 bits per heavy atom. The molecule has 0 bridgehead atoms. The second-order valence-corrected chi connectivity index (χ2v) is 4.42. The van der Waals surface area contributed by atoms with E-state index in [1.54, 1.807) is 0 Å². The Balaban J connectivity index is 2.59. The van der Waals surface area contributed by atoms with Crippen LogP contribution in [-0.4, -0.2) is 25.7 Å². The average molecular weight is 251 g/mol. The van der Waals surface area contributed by atoms with Crippen LogP contribution >= 0.6 is 0 Å². The molecule has 1 atom stereocenters. The van der Waals surface area contributed by atoms with Crippen LogP contribution in [0.3, 0.4) is 0 Å². The van der Waals surface area contributed by atoms with E-state index in [1.165, 1.54) is 12.7 Å². The smallest absolute Gasteiger partial charge is 0.322 e. The maximum Gasteiger partial charge on any atom is 0.322 e. The average Bonchev–Trinajstić information content (AvgIpc) is 2.36. The van der Waals surface area contributed by atoms with E-state index in [0.29, 0.717) is 13.0 Å². The lowest BCUT2D eigenvalue weighted by atomic mass is 10.1. The van der Waals surface area contributed by atoms with Crippen molar-refractivity contribution in [3.8, 4) is 5.75 Å². The highest BCUT2D eigenvalue weighted by Crippen LogP contribution is 2.25. The molecule has 0 aliphatic rings. The van der Waals surface area contributed by atoms with Crippen molar-refractivity contribution in [1.29, 1.82) is 0 Å². The minimum absolute atomic E-state index is 0.404. The third-order valence-electron chi connectivity index (χ3n) is 3.05. The molecule has 0 saturated heterocycles. The predicted molar refractivity (Wildman–Crippen MR) is 70.8 cm³/mol. The van der Waals surface area contributed by atoms with E-state index in [9.17, 15) is 4.79 Å². The van der Waals surface area contributed by atoms with E-state index < -0.39 is 12.0 Å². The van der Waals surface area contributed by atoms with Crippen molar-refractivity contribution in [2.24, 2.45) is 5.73 Å². The van der Waals surface area contributed by atoms with E-state index in [1.807, 2.05) is 26.8 Å². The third-order valence-corrected chi connectivity index (χ3v) is 3.05. The van der Waals surface area contributed by atoms with Crippen molar-refractivity contribution in [3.05, 3.63) is 28.8 Å². The number of methoxy groups -OCH3 is 1. The van der Waals surface area contributed by atoms with E-state index in [4.69, 9.17) is 10.5 Å². The number of nitrogens with two attached hydrogens (primary N) is 1. The Hall–Kier alpha value is -1.55. The molecule has 0 saturated carbocycles. The van der Waals surface area contributed by atoms with Gasteiger partial charge in [0.2, 0.25) is 0 Å². The summed E-state index contributed by atoms with van der Waals surface area (Å²) in [7, 11) is 1.33. The van der Waals surface area contributed by atoms with Gasteiger partial charge in [-0.2, -0.15) is 0 Å². The molecule has 0 aliphatic heterocycles. The van der Waals surface area contributed by atoms with Crippen molar-refractivity contribution in [1.82, 2.24) is 0 Å². The first-order valence-corrected chi connectivity index (χ1v) is 6.00. The highest BCUT2D eigenvalue weighted by molar-refractivity contribution is 5.75. The first kappa shape index (κ1) is 14.5. The summed E-state index contributed by atoms with van der Waals surface area (Å²) >= 11 is 0. The van der Waals surface area contributed by atoms with Gasteiger partial charge in [0.1, 0.15) is 11.8 Å². The second kappa shape index (κ2) is 6.40. The van der Waals surface area contributed by atoms with Gasteiger partial charge in [0, 0.05) is 6.42 Å². The number of carbonyl (C=O) groups excluding carboxylic acids is 1. The zero-order chi connectivity index (χ0) is 13.7. The van der Waals surface area contributed by atoms with Gasteiger partial charge in [-0.3, -0.25) is 4.79 Å². The summed E-state index contributed by atoms with van der Waals surface area (Å²) in [5, 5.41) is 0. The molecule has 1 unspecified atom stereocenters. The van der Waals surface area contributed by atoms with E-state index in [2.05, 4.69) is 10.8 Å². The molecular weight excluding hydrogens is 230 g/mol. The van der Waals surface area contributed by atoms with Crippen molar-refractivity contribution in [2.75, 3.05) is 13.7 Å². The number of rotatable bonds is 5. The van der Waals surface area contributed by atoms with Gasteiger partial charge in [0.25, 0.3) is 0 Å².